The molecule has 0 aliphatic heterocycles. The second-order valence-electron chi connectivity index (χ2n) is 1.57. The van der Waals surface area contributed by atoms with E-state index < -0.39 is 0 Å². The van der Waals surface area contributed by atoms with Crippen LogP contribution in [0.2, 0.25) is 0 Å². The second kappa shape index (κ2) is 2.50. The fourth-order valence-electron chi connectivity index (χ4n) is 0.624. The van der Waals surface area contributed by atoms with Gasteiger partial charge in [0.15, 0.2) is 0 Å². The standard InChI is InChI=1S/C5H9N3O/c1-9-5-7-2-3-8(5)4-6/h2-3H,4,6H2,1H3. The van der Waals surface area contributed by atoms with E-state index in [9.17, 15) is 0 Å². The Morgan fingerprint density at radius 2 is 2.67 bits per heavy atom. The number of nitrogens with two attached hydrogens (primary N) is 1. The van der Waals surface area contributed by atoms with Crippen molar-refractivity contribution in [3.05, 3.63) is 12.4 Å². The first kappa shape index (κ1) is 6.10. The number of imidazole rings is 1. The van der Waals surface area contributed by atoms with Gasteiger partial charge < -0.3 is 10.5 Å². The third kappa shape index (κ3) is 1.02. The molecular weight excluding hydrogens is 118 g/mol. The summed E-state index contributed by atoms with van der Waals surface area (Å²) in [6.07, 6.45) is 3.41. The van der Waals surface area contributed by atoms with E-state index >= 15 is 0 Å². The molecule has 0 aromatic carbocycles. The summed E-state index contributed by atoms with van der Waals surface area (Å²) < 4.78 is 6.56. The number of hydrogen-bond donors (Lipinski definition) is 1. The summed E-state index contributed by atoms with van der Waals surface area (Å²) in [5.41, 5.74) is 5.31. The number of hydrogen-bond acceptors (Lipinski definition) is 3. The maximum Gasteiger partial charge on any atom is 0.297 e. The van der Waals surface area contributed by atoms with Gasteiger partial charge in [-0.1, -0.05) is 0 Å². The average Bonchev–Trinajstić information content (AvgIpc) is 2.33. The molecule has 0 saturated heterocycles. The fourth-order valence-corrected chi connectivity index (χ4v) is 0.624. The van der Waals surface area contributed by atoms with Crippen LogP contribution in [0.1, 0.15) is 0 Å². The van der Waals surface area contributed by atoms with Crippen LogP contribution in [0.5, 0.6) is 6.01 Å². The van der Waals surface area contributed by atoms with Crippen molar-refractivity contribution in [2.75, 3.05) is 7.11 Å². The van der Waals surface area contributed by atoms with Crippen molar-refractivity contribution in [1.82, 2.24) is 9.55 Å². The molecule has 0 aliphatic rings. The van der Waals surface area contributed by atoms with Crippen molar-refractivity contribution in [2.45, 2.75) is 6.67 Å². The molecule has 2 N–H and O–H groups in total. The van der Waals surface area contributed by atoms with Crippen LogP contribution in [0.3, 0.4) is 0 Å². The quantitative estimate of drug-likeness (QED) is 0.599. The van der Waals surface area contributed by atoms with Crippen LogP contribution in [0.15, 0.2) is 12.4 Å². The van der Waals surface area contributed by atoms with Crippen molar-refractivity contribution in [2.24, 2.45) is 5.73 Å². The zero-order valence-corrected chi connectivity index (χ0v) is 5.24. The molecule has 9 heavy (non-hydrogen) atoms. The summed E-state index contributed by atoms with van der Waals surface area (Å²) in [4.78, 5) is 3.87. The lowest BCUT2D eigenvalue weighted by Gasteiger charge is -1.99. The average molecular weight is 127 g/mol. The Kier molecular flexibility index (Phi) is 1.69. The van der Waals surface area contributed by atoms with Crippen LogP contribution in [-0.4, -0.2) is 16.7 Å². The van der Waals surface area contributed by atoms with Crippen molar-refractivity contribution in [3.8, 4) is 6.01 Å². The van der Waals surface area contributed by atoms with Crippen LogP contribution in [0, 0.1) is 0 Å². The molecule has 0 atom stereocenters. The van der Waals surface area contributed by atoms with Gasteiger partial charge >= 0.3 is 0 Å². The Morgan fingerprint density at radius 1 is 1.89 bits per heavy atom. The Balaban J connectivity index is 2.85. The smallest absolute Gasteiger partial charge is 0.297 e. The first-order valence-electron chi connectivity index (χ1n) is 2.63. The SMILES string of the molecule is COc1nccn1CN. The molecule has 0 unspecified atom stereocenters. The lowest BCUT2D eigenvalue weighted by molar-refractivity contribution is 0.358. The summed E-state index contributed by atoms with van der Waals surface area (Å²) in [6, 6.07) is 0.553. The van der Waals surface area contributed by atoms with Crippen LogP contribution in [0.25, 0.3) is 0 Å². The highest BCUT2D eigenvalue weighted by atomic mass is 16.5. The third-order valence-electron chi connectivity index (χ3n) is 1.06. The van der Waals surface area contributed by atoms with Gasteiger partial charge in [-0.05, 0) is 0 Å². The molecule has 0 fully saturated rings. The first-order chi connectivity index (χ1) is 4.38. The Morgan fingerprint density at radius 3 is 3.11 bits per heavy atom. The van der Waals surface area contributed by atoms with Crippen molar-refractivity contribution in [1.29, 1.82) is 0 Å². The van der Waals surface area contributed by atoms with Crippen molar-refractivity contribution >= 4 is 0 Å². The van der Waals surface area contributed by atoms with Crippen molar-refractivity contribution in [3.63, 3.8) is 0 Å². The Bertz CT molecular complexity index is 166. The van der Waals surface area contributed by atoms with Gasteiger partial charge in [0.05, 0.1) is 13.8 Å². The molecule has 0 saturated carbocycles. The monoisotopic (exact) mass is 127 g/mol. The molecule has 4 nitrogen and oxygen atoms in total. The zero-order valence-electron chi connectivity index (χ0n) is 5.24. The van der Waals surface area contributed by atoms with E-state index in [2.05, 4.69) is 4.98 Å². The molecular formula is C5H9N3O. The van der Waals surface area contributed by atoms with Crippen LogP contribution in [0.4, 0.5) is 0 Å². The van der Waals surface area contributed by atoms with E-state index in [-0.39, 0.29) is 0 Å². The minimum Gasteiger partial charge on any atom is -0.468 e. The van der Waals surface area contributed by atoms with E-state index in [0.717, 1.165) is 0 Å². The van der Waals surface area contributed by atoms with Gasteiger partial charge in [0.2, 0.25) is 0 Å². The van der Waals surface area contributed by atoms with Crippen molar-refractivity contribution < 1.29 is 4.74 Å². The molecule has 1 aromatic rings. The predicted molar refractivity (Wildman–Crippen MR) is 33.0 cm³/mol. The molecule has 0 aliphatic carbocycles. The van der Waals surface area contributed by atoms with Crippen LogP contribution in [-0.2, 0) is 6.67 Å². The lowest BCUT2D eigenvalue weighted by Crippen LogP contribution is -2.07. The first-order valence-corrected chi connectivity index (χ1v) is 2.63. The van der Waals surface area contributed by atoms with Crippen LogP contribution >= 0.6 is 0 Å². The Hall–Kier alpha value is -1.03. The van der Waals surface area contributed by atoms with Gasteiger partial charge in [-0.3, -0.25) is 4.57 Å². The highest BCUT2D eigenvalue weighted by Crippen LogP contribution is 2.02. The molecule has 0 radical (unpaired) electrons. The molecule has 0 spiro atoms. The van der Waals surface area contributed by atoms with E-state index in [4.69, 9.17) is 10.5 Å². The number of methoxy groups -OCH3 is 1. The largest absolute Gasteiger partial charge is 0.468 e. The van der Waals surface area contributed by atoms with E-state index in [0.29, 0.717) is 12.7 Å². The van der Waals surface area contributed by atoms with Gasteiger partial charge in [0.25, 0.3) is 6.01 Å². The second-order valence-corrected chi connectivity index (χ2v) is 1.57. The number of ether oxygens (including phenoxy) is 1. The molecule has 1 heterocycles. The zero-order chi connectivity index (χ0) is 6.69. The lowest BCUT2D eigenvalue weighted by atomic mass is 10.9. The molecule has 0 bridgehead atoms. The summed E-state index contributed by atoms with van der Waals surface area (Å²) in [6.45, 7) is 0.406. The van der Waals surface area contributed by atoms with Gasteiger partial charge in [-0.25, -0.2) is 4.98 Å². The van der Waals surface area contributed by atoms with E-state index in [1.165, 1.54) is 0 Å². The maximum atomic E-state index is 5.31. The number of nitrogens with zero attached hydrogens (tertiary/aromatic N) is 2. The minimum atomic E-state index is 0.406. The number of rotatable bonds is 2. The topological polar surface area (TPSA) is 53.1 Å². The summed E-state index contributed by atoms with van der Waals surface area (Å²) in [7, 11) is 1.56. The summed E-state index contributed by atoms with van der Waals surface area (Å²) in [5, 5.41) is 0. The normalized spacial score (nSPS) is 9.56. The van der Waals surface area contributed by atoms with E-state index in [1.807, 2.05) is 0 Å². The maximum absolute atomic E-state index is 5.31. The van der Waals surface area contributed by atoms with Gasteiger partial charge in [-0.15, -0.1) is 0 Å². The highest BCUT2D eigenvalue weighted by Gasteiger charge is 1.96. The van der Waals surface area contributed by atoms with Crippen LogP contribution < -0.4 is 10.5 Å². The molecule has 1 rings (SSSR count). The van der Waals surface area contributed by atoms with E-state index in [1.54, 1.807) is 24.1 Å². The van der Waals surface area contributed by atoms with Gasteiger partial charge in [0.1, 0.15) is 0 Å². The third-order valence-corrected chi connectivity index (χ3v) is 1.06. The highest BCUT2D eigenvalue weighted by molar-refractivity contribution is 4.96. The molecule has 50 valence electrons. The Labute approximate surface area is 53.3 Å². The molecule has 4 heteroatoms. The molecule has 0 amide bonds. The number of aromatic nitrogens is 2. The summed E-state index contributed by atoms with van der Waals surface area (Å²) >= 11 is 0. The minimum absolute atomic E-state index is 0.406. The predicted octanol–water partition coefficient (Wildman–Crippen LogP) is -0.192. The summed E-state index contributed by atoms with van der Waals surface area (Å²) in [5.74, 6) is 0. The molecule has 1 aromatic heterocycles. The van der Waals surface area contributed by atoms with Gasteiger partial charge in [-0.2, -0.15) is 0 Å². The van der Waals surface area contributed by atoms with Gasteiger partial charge in [0, 0.05) is 12.4 Å². The fraction of sp³-hybridized carbons (Fsp3) is 0.400.